The van der Waals surface area contributed by atoms with Crippen LogP contribution < -0.4 is 4.74 Å². The lowest BCUT2D eigenvalue weighted by molar-refractivity contribution is 0.321. The van der Waals surface area contributed by atoms with E-state index in [9.17, 15) is 8.42 Å². The number of sulfone groups is 1. The van der Waals surface area contributed by atoms with E-state index < -0.39 is 9.84 Å². The molecule has 0 saturated heterocycles. The fourth-order valence-corrected chi connectivity index (χ4v) is 3.32. The maximum Gasteiger partial charge on any atom is 0.179 e. The predicted octanol–water partition coefficient (Wildman–Crippen LogP) is 2.12. The zero-order valence-electron chi connectivity index (χ0n) is 12.1. The Morgan fingerprint density at radius 2 is 1.84 bits per heavy atom. The first kappa shape index (κ1) is 16.0. The van der Waals surface area contributed by atoms with Gasteiger partial charge in [-0.05, 0) is 43.8 Å². The quantitative estimate of drug-likeness (QED) is 0.770. The van der Waals surface area contributed by atoms with Crippen molar-refractivity contribution >= 4 is 9.84 Å². The number of ether oxygens (including phenoxy) is 1. The molecule has 0 spiro atoms. The second-order valence-corrected chi connectivity index (χ2v) is 6.59. The lowest BCUT2D eigenvalue weighted by atomic mass is 10.2. The van der Waals surface area contributed by atoms with Crippen LogP contribution in [0.4, 0.5) is 0 Å². The Bertz CT molecular complexity index is 507. The van der Waals surface area contributed by atoms with Crippen LogP contribution in [-0.4, -0.2) is 45.8 Å². The smallest absolute Gasteiger partial charge is 0.179 e. The second-order valence-electron chi connectivity index (χ2n) is 4.48. The molecule has 0 aliphatic rings. The highest BCUT2D eigenvalue weighted by atomic mass is 32.2. The summed E-state index contributed by atoms with van der Waals surface area (Å²) >= 11 is 0. The van der Waals surface area contributed by atoms with Crippen LogP contribution in [0.15, 0.2) is 23.1 Å². The van der Waals surface area contributed by atoms with E-state index >= 15 is 0 Å². The van der Waals surface area contributed by atoms with Gasteiger partial charge in [-0.25, -0.2) is 8.42 Å². The van der Waals surface area contributed by atoms with Gasteiger partial charge in [-0.3, -0.25) is 0 Å². The van der Waals surface area contributed by atoms with Gasteiger partial charge in [0.1, 0.15) is 5.75 Å². The largest absolute Gasteiger partial charge is 0.496 e. The van der Waals surface area contributed by atoms with Crippen molar-refractivity contribution in [3.63, 3.8) is 0 Å². The summed E-state index contributed by atoms with van der Waals surface area (Å²) in [6, 6.07) is 5.00. The molecular formula is C14H23NO3S. The number of nitrogens with zero attached hydrogens (tertiary/aromatic N) is 1. The second kappa shape index (κ2) is 6.91. The molecular weight excluding hydrogens is 262 g/mol. The van der Waals surface area contributed by atoms with E-state index in [1.807, 2.05) is 20.8 Å². The van der Waals surface area contributed by atoms with Crippen LogP contribution in [0.1, 0.15) is 19.4 Å². The zero-order valence-corrected chi connectivity index (χ0v) is 13.0. The molecule has 0 heterocycles. The van der Waals surface area contributed by atoms with Crippen LogP contribution in [0.2, 0.25) is 0 Å². The predicted molar refractivity (Wildman–Crippen MR) is 77.6 cm³/mol. The van der Waals surface area contributed by atoms with Gasteiger partial charge in [0.25, 0.3) is 0 Å². The lowest BCUT2D eigenvalue weighted by Crippen LogP contribution is -2.29. The summed E-state index contributed by atoms with van der Waals surface area (Å²) in [4.78, 5) is 2.48. The van der Waals surface area contributed by atoms with Gasteiger partial charge in [0.2, 0.25) is 0 Å². The summed E-state index contributed by atoms with van der Waals surface area (Å²) in [5.41, 5.74) is 0.839. The van der Waals surface area contributed by atoms with E-state index in [0.29, 0.717) is 17.2 Å². The molecule has 19 heavy (non-hydrogen) atoms. The fourth-order valence-electron chi connectivity index (χ4n) is 1.95. The summed E-state index contributed by atoms with van der Waals surface area (Å²) in [6.07, 6.45) is 0. The highest BCUT2D eigenvalue weighted by molar-refractivity contribution is 7.91. The van der Waals surface area contributed by atoms with Gasteiger partial charge in [0, 0.05) is 6.54 Å². The molecule has 5 heteroatoms. The Kier molecular flexibility index (Phi) is 5.82. The summed E-state index contributed by atoms with van der Waals surface area (Å²) in [5.74, 6) is 0.864. The van der Waals surface area contributed by atoms with Crippen molar-refractivity contribution in [3.8, 4) is 5.75 Å². The van der Waals surface area contributed by atoms with Crippen molar-refractivity contribution in [1.82, 2.24) is 4.90 Å². The van der Waals surface area contributed by atoms with Gasteiger partial charge in [-0.2, -0.15) is 0 Å². The molecule has 108 valence electrons. The van der Waals surface area contributed by atoms with Crippen LogP contribution in [-0.2, 0) is 9.84 Å². The van der Waals surface area contributed by atoms with Crippen LogP contribution in [0.5, 0.6) is 5.75 Å². The van der Waals surface area contributed by atoms with Gasteiger partial charge >= 0.3 is 0 Å². The Balaban J connectivity index is 2.85. The summed E-state index contributed by atoms with van der Waals surface area (Å²) in [6.45, 7) is 8.23. The molecule has 0 aliphatic carbocycles. The molecule has 0 unspecified atom stereocenters. The first-order valence-electron chi connectivity index (χ1n) is 6.54. The summed E-state index contributed by atoms with van der Waals surface area (Å²) in [5, 5.41) is 0. The molecule has 1 rings (SSSR count). The van der Waals surface area contributed by atoms with E-state index in [4.69, 9.17) is 4.74 Å². The third-order valence-electron chi connectivity index (χ3n) is 3.30. The van der Waals surface area contributed by atoms with Gasteiger partial charge < -0.3 is 9.64 Å². The molecule has 0 bridgehead atoms. The van der Waals surface area contributed by atoms with Gasteiger partial charge in [-0.15, -0.1) is 0 Å². The van der Waals surface area contributed by atoms with Gasteiger partial charge in [0.05, 0.1) is 17.8 Å². The molecule has 0 aliphatic heterocycles. The Morgan fingerprint density at radius 1 is 1.21 bits per heavy atom. The third-order valence-corrected chi connectivity index (χ3v) is 4.99. The molecule has 0 atom stereocenters. The molecule has 0 N–H and O–H groups in total. The van der Waals surface area contributed by atoms with Crippen molar-refractivity contribution in [2.75, 3.05) is 32.5 Å². The first-order valence-corrected chi connectivity index (χ1v) is 8.19. The van der Waals surface area contributed by atoms with Crippen molar-refractivity contribution in [2.24, 2.45) is 0 Å². The van der Waals surface area contributed by atoms with E-state index in [-0.39, 0.29) is 5.75 Å². The molecule has 1 aromatic carbocycles. The van der Waals surface area contributed by atoms with Crippen LogP contribution >= 0.6 is 0 Å². The number of hydrogen-bond acceptors (Lipinski definition) is 4. The molecule has 0 aromatic heterocycles. The summed E-state index contributed by atoms with van der Waals surface area (Å²) < 4.78 is 29.6. The van der Waals surface area contributed by atoms with Crippen LogP contribution in [0, 0.1) is 6.92 Å². The minimum absolute atomic E-state index is 0.153. The van der Waals surface area contributed by atoms with Crippen molar-refractivity contribution in [3.05, 3.63) is 23.8 Å². The average Bonchev–Trinajstić information content (AvgIpc) is 2.39. The maximum atomic E-state index is 12.3. The number of rotatable bonds is 7. The Labute approximate surface area is 116 Å². The molecule has 4 nitrogen and oxygen atoms in total. The normalized spacial score (nSPS) is 11.8. The Hall–Kier alpha value is -1.07. The minimum atomic E-state index is -3.22. The third kappa shape index (κ3) is 4.21. The molecule has 0 fully saturated rings. The molecule has 0 radical (unpaired) electrons. The molecule has 0 saturated carbocycles. The lowest BCUT2D eigenvalue weighted by Gasteiger charge is -2.17. The first-order chi connectivity index (χ1) is 8.94. The van der Waals surface area contributed by atoms with E-state index in [2.05, 4.69) is 4.90 Å². The standard InChI is InChI=1S/C14H23NO3S/c1-5-15(6-2)9-10-19(16,17)13-7-8-14(18-4)12(3)11-13/h7-8,11H,5-6,9-10H2,1-4H3. The number of aryl methyl sites for hydroxylation is 1. The Morgan fingerprint density at radius 3 is 2.32 bits per heavy atom. The van der Waals surface area contributed by atoms with Gasteiger partial charge in [0.15, 0.2) is 9.84 Å². The van der Waals surface area contributed by atoms with Crippen LogP contribution in [0.25, 0.3) is 0 Å². The fraction of sp³-hybridized carbons (Fsp3) is 0.571. The SMILES string of the molecule is CCN(CC)CCS(=O)(=O)c1ccc(OC)c(C)c1. The van der Waals surface area contributed by atoms with E-state index in [1.165, 1.54) is 0 Å². The van der Waals surface area contributed by atoms with E-state index in [1.54, 1.807) is 25.3 Å². The summed E-state index contributed by atoms with van der Waals surface area (Å²) in [7, 11) is -1.64. The average molecular weight is 285 g/mol. The minimum Gasteiger partial charge on any atom is -0.496 e. The number of methoxy groups -OCH3 is 1. The monoisotopic (exact) mass is 285 g/mol. The molecule has 1 aromatic rings. The van der Waals surface area contributed by atoms with Crippen molar-refractivity contribution in [1.29, 1.82) is 0 Å². The maximum absolute atomic E-state index is 12.3. The topological polar surface area (TPSA) is 46.6 Å². The zero-order chi connectivity index (χ0) is 14.5. The number of benzene rings is 1. The highest BCUT2D eigenvalue weighted by Gasteiger charge is 2.16. The van der Waals surface area contributed by atoms with Gasteiger partial charge in [-0.1, -0.05) is 13.8 Å². The molecule has 0 amide bonds. The van der Waals surface area contributed by atoms with E-state index in [0.717, 1.165) is 18.7 Å². The van der Waals surface area contributed by atoms with Crippen molar-refractivity contribution in [2.45, 2.75) is 25.7 Å². The van der Waals surface area contributed by atoms with Crippen molar-refractivity contribution < 1.29 is 13.2 Å². The van der Waals surface area contributed by atoms with Crippen LogP contribution in [0.3, 0.4) is 0 Å². The number of hydrogen-bond donors (Lipinski definition) is 0. The highest BCUT2D eigenvalue weighted by Crippen LogP contribution is 2.22.